The summed E-state index contributed by atoms with van der Waals surface area (Å²) in [6, 6.07) is 0. The van der Waals surface area contributed by atoms with Crippen LogP contribution in [0.25, 0.3) is 0 Å². The van der Waals surface area contributed by atoms with Gasteiger partial charge in [0.05, 0.1) is 3.92 Å². The molecular weight excluding hydrogens is 255 g/mol. The third kappa shape index (κ3) is 1.58. The van der Waals surface area contributed by atoms with Gasteiger partial charge in [0.2, 0.25) is 0 Å². The predicted molar refractivity (Wildman–Crippen MR) is 51.7 cm³/mol. The molecule has 0 unspecified atom stereocenters. The maximum atomic E-state index is 11.0. The highest BCUT2D eigenvalue weighted by molar-refractivity contribution is 14.1. The second-order valence-corrected chi connectivity index (χ2v) is 4.89. The second-order valence-electron chi connectivity index (χ2n) is 3.02. The molecule has 1 rings (SSSR count). The molecule has 2 atom stereocenters. The third-order valence-corrected chi connectivity index (χ3v) is 3.16. The molecule has 1 aliphatic heterocycles. The standard InChI is InChI=1S/C8H11IO2/c1-5-4-8(3,6(2)9)11-7(5)10/h4,6H,1-3H3/t6-,8-/m1/s1. The summed E-state index contributed by atoms with van der Waals surface area (Å²) < 4.78 is 5.49. The summed E-state index contributed by atoms with van der Waals surface area (Å²) in [6.07, 6.45) is 1.90. The van der Waals surface area contributed by atoms with Crippen LogP contribution in [0.2, 0.25) is 0 Å². The van der Waals surface area contributed by atoms with E-state index in [0.717, 1.165) is 5.57 Å². The molecule has 0 aromatic heterocycles. The Labute approximate surface area is 80.1 Å². The van der Waals surface area contributed by atoms with E-state index >= 15 is 0 Å². The van der Waals surface area contributed by atoms with E-state index in [0.29, 0.717) is 3.92 Å². The molecule has 0 radical (unpaired) electrons. The lowest BCUT2D eigenvalue weighted by Crippen LogP contribution is -2.32. The Morgan fingerprint density at radius 1 is 1.73 bits per heavy atom. The van der Waals surface area contributed by atoms with Crippen LogP contribution >= 0.6 is 22.6 Å². The quantitative estimate of drug-likeness (QED) is 0.412. The van der Waals surface area contributed by atoms with Gasteiger partial charge < -0.3 is 4.74 Å². The number of esters is 1. The van der Waals surface area contributed by atoms with E-state index < -0.39 is 0 Å². The zero-order valence-electron chi connectivity index (χ0n) is 6.85. The largest absolute Gasteiger partial charge is 0.451 e. The number of carbonyl (C=O) groups excluding carboxylic acids is 1. The maximum absolute atomic E-state index is 11.0. The molecule has 0 saturated carbocycles. The molecule has 0 aromatic rings. The Morgan fingerprint density at radius 3 is 2.45 bits per heavy atom. The number of hydrogen-bond acceptors (Lipinski definition) is 2. The number of carbonyl (C=O) groups is 1. The summed E-state index contributed by atoms with van der Waals surface area (Å²) in [7, 11) is 0. The van der Waals surface area contributed by atoms with E-state index in [9.17, 15) is 4.79 Å². The Hall–Kier alpha value is -0.0600. The van der Waals surface area contributed by atoms with Gasteiger partial charge in [-0.3, -0.25) is 0 Å². The number of ether oxygens (including phenoxy) is 1. The SMILES string of the molecule is CC1=C[C@](C)([C@@H](C)I)OC1=O. The highest BCUT2D eigenvalue weighted by Crippen LogP contribution is 2.31. The normalized spacial score (nSPS) is 33.1. The van der Waals surface area contributed by atoms with Crippen LogP contribution < -0.4 is 0 Å². The summed E-state index contributed by atoms with van der Waals surface area (Å²) in [4.78, 5) is 11.0. The van der Waals surface area contributed by atoms with E-state index in [1.165, 1.54) is 0 Å². The Kier molecular flexibility index (Phi) is 2.27. The minimum atomic E-state index is -0.387. The first kappa shape index (κ1) is 9.03. The molecule has 0 spiro atoms. The molecule has 0 N–H and O–H groups in total. The minimum absolute atomic E-state index is 0.184. The van der Waals surface area contributed by atoms with Crippen LogP contribution in [0.1, 0.15) is 20.8 Å². The van der Waals surface area contributed by atoms with Crippen LogP contribution in [0.4, 0.5) is 0 Å². The molecule has 62 valence electrons. The Bertz CT molecular complexity index is 220. The number of cyclic esters (lactones) is 1. The molecular formula is C8H11IO2. The van der Waals surface area contributed by atoms with Gasteiger partial charge in [0, 0.05) is 5.57 Å². The summed E-state index contributed by atoms with van der Waals surface area (Å²) >= 11 is 2.26. The zero-order chi connectivity index (χ0) is 8.65. The lowest BCUT2D eigenvalue weighted by atomic mass is 10.0. The van der Waals surface area contributed by atoms with E-state index in [4.69, 9.17) is 4.74 Å². The monoisotopic (exact) mass is 266 g/mol. The van der Waals surface area contributed by atoms with Crippen molar-refractivity contribution >= 4 is 28.6 Å². The first-order chi connectivity index (χ1) is 4.96. The van der Waals surface area contributed by atoms with Gasteiger partial charge in [-0.25, -0.2) is 4.79 Å². The fourth-order valence-corrected chi connectivity index (χ4v) is 1.30. The fourth-order valence-electron chi connectivity index (χ4n) is 0.995. The molecule has 1 aliphatic rings. The van der Waals surface area contributed by atoms with Crippen LogP contribution in [0, 0.1) is 0 Å². The van der Waals surface area contributed by atoms with Gasteiger partial charge in [-0.1, -0.05) is 22.6 Å². The molecule has 0 fully saturated rings. The van der Waals surface area contributed by atoms with Crippen molar-refractivity contribution < 1.29 is 9.53 Å². The van der Waals surface area contributed by atoms with Crippen molar-refractivity contribution in [2.24, 2.45) is 0 Å². The molecule has 3 heteroatoms. The predicted octanol–water partition coefficient (Wildman–Crippen LogP) is 2.07. The van der Waals surface area contributed by atoms with Crippen LogP contribution in [0.3, 0.4) is 0 Å². The van der Waals surface area contributed by atoms with Crippen LogP contribution in [-0.4, -0.2) is 15.5 Å². The number of rotatable bonds is 1. The summed E-state index contributed by atoms with van der Waals surface area (Å²) in [5.41, 5.74) is 0.331. The van der Waals surface area contributed by atoms with Crippen LogP contribution in [0.5, 0.6) is 0 Å². The van der Waals surface area contributed by atoms with Gasteiger partial charge in [0.15, 0.2) is 0 Å². The van der Waals surface area contributed by atoms with Crippen molar-refractivity contribution in [3.8, 4) is 0 Å². The van der Waals surface area contributed by atoms with Gasteiger partial charge in [-0.05, 0) is 26.8 Å². The van der Waals surface area contributed by atoms with Gasteiger partial charge in [-0.15, -0.1) is 0 Å². The van der Waals surface area contributed by atoms with Crippen LogP contribution in [0.15, 0.2) is 11.6 Å². The molecule has 0 bridgehead atoms. The average Bonchev–Trinajstić information content (AvgIpc) is 2.09. The van der Waals surface area contributed by atoms with Gasteiger partial charge in [-0.2, -0.15) is 0 Å². The molecule has 0 amide bonds. The summed E-state index contributed by atoms with van der Waals surface area (Å²) in [5, 5.41) is 0. The topological polar surface area (TPSA) is 26.3 Å². The summed E-state index contributed by atoms with van der Waals surface area (Å²) in [5.74, 6) is -0.184. The van der Waals surface area contributed by atoms with Gasteiger partial charge in [0.25, 0.3) is 0 Å². The first-order valence-corrected chi connectivity index (χ1v) is 4.77. The van der Waals surface area contributed by atoms with E-state index in [1.54, 1.807) is 6.92 Å². The first-order valence-electron chi connectivity index (χ1n) is 3.52. The minimum Gasteiger partial charge on any atom is -0.451 e. The fraction of sp³-hybridized carbons (Fsp3) is 0.625. The van der Waals surface area contributed by atoms with Gasteiger partial charge >= 0.3 is 5.97 Å². The summed E-state index contributed by atoms with van der Waals surface area (Å²) in [6.45, 7) is 5.74. The lowest BCUT2D eigenvalue weighted by Gasteiger charge is -2.23. The molecule has 0 aromatic carbocycles. The van der Waals surface area contributed by atoms with Gasteiger partial charge in [0.1, 0.15) is 5.60 Å². The molecule has 2 nitrogen and oxygen atoms in total. The molecule has 0 saturated heterocycles. The van der Waals surface area contributed by atoms with Crippen LogP contribution in [-0.2, 0) is 9.53 Å². The van der Waals surface area contributed by atoms with Crippen molar-refractivity contribution in [1.29, 1.82) is 0 Å². The van der Waals surface area contributed by atoms with E-state index in [1.807, 2.05) is 19.9 Å². The van der Waals surface area contributed by atoms with Crippen molar-refractivity contribution in [2.75, 3.05) is 0 Å². The van der Waals surface area contributed by atoms with Crippen molar-refractivity contribution in [1.82, 2.24) is 0 Å². The van der Waals surface area contributed by atoms with Crippen molar-refractivity contribution in [3.05, 3.63) is 11.6 Å². The molecule has 0 aliphatic carbocycles. The average molecular weight is 266 g/mol. The van der Waals surface area contributed by atoms with Crippen molar-refractivity contribution in [2.45, 2.75) is 30.3 Å². The number of alkyl halides is 1. The van der Waals surface area contributed by atoms with Crippen molar-refractivity contribution in [3.63, 3.8) is 0 Å². The Morgan fingerprint density at radius 2 is 2.27 bits per heavy atom. The van der Waals surface area contributed by atoms with E-state index in [-0.39, 0.29) is 11.6 Å². The highest BCUT2D eigenvalue weighted by atomic mass is 127. The maximum Gasteiger partial charge on any atom is 0.334 e. The number of halogens is 1. The molecule has 1 heterocycles. The second kappa shape index (κ2) is 2.77. The third-order valence-electron chi connectivity index (χ3n) is 1.93. The highest BCUT2D eigenvalue weighted by Gasteiger charge is 2.37. The molecule has 11 heavy (non-hydrogen) atoms. The lowest BCUT2D eigenvalue weighted by molar-refractivity contribution is -0.144. The van der Waals surface area contributed by atoms with E-state index in [2.05, 4.69) is 22.6 Å². The smallest absolute Gasteiger partial charge is 0.334 e. The zero-order valence-corrected chi connectivity index (χ0v) is 9.01. The Balaban J connectivity index is 2.88. The number of hydrogen-bond donors (Lipinski definition) is 0.